The maximum absolute atomic E-state index is 13.4. The van der Waals surface area contributed by atoms with Crippen LogP contribution in [-0.4, -0.2) is 52.1 Å². The van der Waals surface area contributed by atoms with Gasteiger partial charge in [-0.05, 0) is 53.9 Å². The van der Waals surface area contributed by atoms with Gasteiger partial charge in [0.2, 0.25) is 5.91 Å². The number of imide groups is 1. The molecule has 3 aromatic rings. The molecule has 0 aliphatic heterocycles. The molecule has 2 amide bonds. The molecule has 0 radical (unpaired) electrons. The third kappa shape index (κ3) is 7.40. The van der Waals surface area contributed by atoms with Crippen molar-refractivity contribution < 1.29 is 60.3 Å². The Labute approximate surface area is 227 Å². The fourth-order valence-electron chi connectivity index (χ4n) is 3.55. The van der Waals surface area contributed by atoms with Gasteiger partial charge in [-0.15, -0.1) is 0 Å². The van der Waals surface area contributed by atoms with Crippen LogP contribution >= 0.6 is 0 Å². The normalized spacial score (nSPS) is 12.1. The summed E-state index contributed by atoms with van der Waals surface area (Å²) in [7, 11) is 1.48. The summed E-state index contributed by atoms with van der Waals surface area (Å²) in [5.41, 5.74) is 7.61. The smallest absolute Gasteiger partial charge is 1.00 e. The first-order valence-corrected chi connectivity index (χ1v) is 10.6. The summed E-state index contributed by atoms with van der Waals surface area (Å²) in [5, 5.41) is 19.5. The van der Waals surface area contributed by atoms with Gasteiger partial charge in [0.15, 0.2) is 0 Å². The quantitative estimate of drug-likeness (QED) is 0.356. The number of hydrogen-bond donors (Lipinski definition) is 3. The van der Waals surface area contributed by atoms with Crippen molar-refractivity contribution in [3.63, 3.8) is 0 Å². The number of carboxylic acids is 1. The second-order valence-corrected chi connectivity index (χ2v) is 7.76. The summed E-state index contributed by atoms with van der Waals surface area (Å²) in [4.78, 5) is 39.9. The van der Waals surface area contributed by atoms with Crippen molar-refractivity contribution in [2.75, 3.05) is 7.11 Å². The van der Waals surface area contributed by atoms with Gasteiger partial charge in [0.25, 0.3) is 5.91 Å². The molecule has 4 N–H and O–H groups in total. The topological polar surface area (TPSA) is 130 Å². The predicted octanol–water partition coefficient (Wildman–Crippen LogP) is -0.248. The monoisotopic (exact) mass is 486 g/mol. The third-order valence-electron chi connectivity index (χ3n) is 5.37. The van der Waals surface area contributed by atoms with E-state index in [9.17, 15) is 24.6 Å². The Morgan fingerprint density at radius 2 is 1.49 bits per heavy atom. The molecule has 0 saturated heterocycles. The first kappa shape index (κ1) is 28.1. The number of carbonyl (C=O) groups excluding carboxylic acids is 2. The molecular formula is C26H27N2NaO6. The van der Waals surface area contributed by atoms with Crippen LogP contribution in [0.2, 0.25) is 0 Å². The number of carbonyl (C=O) groups is 3. The summed E-state index contributed by atoms with van der Waals surface area (Å²) in [6, 6.07) is 18.3. The number of phenolic OH excluding ortho intramolecular Hbond substituents is 1. The molecule has 8 nitrogen and oxygen atoms in total. The average molecular weight is 487 g/mol. The minimum atomic E-state index is -1.51. The van der Waals surface area contributed by atoms with Gasteiger partial charge in [-0.25, -0.2) is 4.79 Å². The van der Waals surface area contributed by atoms with Crippen LogP contribution in [0.5, 0.6) is 11.5 Å². The van der Waals surface area contributed by atoms with Crippen LogP contribution < -0.4 is 40.0 Å². The number of aromatic hydroxyl groups is 1. The van der Waals surface area contributed by atoms with Crippen molar-refractivity contribution in [2.45, 2.75) is 24.9 Å². The van der Waals surface area contributed by atoms with Gasteiger partial charge < -0.3 is 22.1 Å². The number of methoxy groups -OCH3 is 1. The summed E-state index contributed by atoms with van der Waals surface area (Å²) in [6.07, 6.45) is -0.0150. The molecular weight excluding hydrogens is 459 g/mol. The van der Waals surface area contributed by atoms with E-state index in [1.807, 2.05) is 6.07 Å². The number of nitrogens with two attached hydrogens (primary N) is 1. The molecule has 2 unspecified atom stereocenters. The Bertz CT molecular complexity index is 1140. The van der Waals surface area contributed by atoms with Crippen LogP contribution in [-0.2, 0) is 22.4 Å². The molecule has 3 aromatic carbocycles. The van der Waals surface area contributed by atoms with Crippen molar-refractivity contribution in [2.24, 2.45) is 5.73 Å². The summed E-state index contributed by atoms with van der Waals surface area (Å²) < 4.78 is 5.11. The van der Waals surface area contributed by atoms with Crippen LogP contribution in [0, 0.1) is 0 Å². The number of carboxylic acid groups (broad SMARTS) is 1. The maximum atomic E-state index is 13.4. The van der Waals surface area contributed by atoms with E-state index in [1.54, 1.807) is 36.4 Å². The van der Waals surface area contributed by atoms with Crippen molar-refractivity contribution in [3.8, 4) is 11.5 Å². The molecule has 0 spiro atoms. The fraction of sp³-hybridized carbons (Fsp3) is 0.192. The van der Waals surface area contributed by atoms with Gasteiger partial charge in [0.1, 0.15) is 17.5 Å². The Morgan fingerprint density at radius 3 is 2.03 bits per heavy atom. The van der Waals surface area contributed by atoms with E-state index in [0.717, 1.165) is 10.5 Å². The predicted molar refractivity (Wildman–Crippen MR) is 127 cm³/mol. The zero-order valence-corrected chi connectivity index (χ0v) is 21.6. The number of aliphatic carboxylic acids is 1. The first-order valence-electron chi connectivity index (χ1n) is 10.6. The molecule has 178 valence electrons. The molecule has 2 atom stereocenters. The molecule has 0 saturated carbocycles. The molecule has 0 heterocycles. The second kappa shape index (κ2) is 13.1. The SMILES string of the molecule is COc1ccc(C(=O)N(C(=O)C(N)Cc2ccccc2)C(Cc2ccc(O)cc2)C(=O)O)cc1.[H-].[Na+]. The number of hydrogen-bond acceptors (Lipinski definition) is 6. The molecule has 9 heteroatoms. The zero-order valence-electron chi connectivity index (χ0n) is 20.6. The zero-order chi connectivity index (χ0) is 24.7. The Hall–Kier alpha value is -3.17. The van der Waals surface area contributed by atoms with Crippen molar-refractivity contribution in [3.05, 3.63) is 95.6 Å². The molecule has 35 heavy (non-hydrogen) atoms. The number of nitrogens with zero attached hydrogens (tertiary/aromatic N) is 1. The average Bonchev–Trinajstić information content (AvgIpc) is 2.85. The van der Waals surface area contributed by atoms with Crippen molar-refractivity contribution >= 4 is 17.8 Å². The number of amides is 2. The van der Waals surface area contributed by atoms with Gasteiger partial charge in [-0.1, -0.05) is 42.5 Å². The van der Waals surface area contributed by atoms with Crippen LogP contribution in [0.25, 0.3) is 0 Å². The molecule has 3 rings (SSSR count). The minimum Gasteiger partial charge on any atom is -1.00 e. The standard InChI is InChI=1S/C26H26N2O6.Na.H/c1-34-21-13-9-19(10-14-21)24(30)28(25(31)22(27)15-17-5-3-2-4-6-17)23(26(32)33)16-18-7-11-20(29)12-8-18;;/h2-14,22-23,29H,15-16,27H2,1H3,(H,32,33);;/q;+1;-1. The Balaban J connectivity index is 0.00000324. The molecule has 0 aliphatic rings. The fourth-order valence-corrected chi connectivity index (χ4v) is 3.55. The summed E-state index contributed by atoms with van der Waals surface area (Å²) in [5.74, 6) is -2.40. The summed E-state index contributed by atoms with van der Waals surface area (Å²) >= 11 is 0. The third-order valence-corrected chi connectivity index (χ3v) is 5.37. The number of rotatable bonds is 9. The number of phenols is 1. The number of ether oxygens (including phenoxy) is 1. The molecule has 0 aromatic heterocycles. The van der Waals surface area contributed by atoms with E-state index in [4.69, 9.17) is 10.5 Å². The second-order valence-electron chi connectivity index (χ2n) is 7.76. The van der Waals surface area contributed by atoms with Crippen LogP contribution in [0.4, 0.5) is 0 Å². The van der Waals surface area contributed by atoms with Gasteiger partial charge in [0, 0.05) is 12.0 Å². The Kier molecular flexibility index (Phi) is 10.5. The summed E-state index contributed by atoms with van der Waals surface area (Å²) in [6.45, 7) is 0. The van der Waals surface area contributed by atoms with Crippen molar-refractivity contribution in [1.82, 2.24) is 4.90 Å². The van der Waals surface area contributed by atoms with Crippen molar-refractivity contribution in [1.29, 1.82) is 0 Å². The number of benzene rings is 3. The minimum absolute atomic E-state index is 0. The van der Waals surface area contributed by atoms with E-state index in [1.165, 1.54) is 43.5 Å². The van der Waals surface area contributed by atoms with Crippen LogP contribution in [0.1, 0.15) is 22.9 Å². The molecule has 0 aliphatic carbocycles. The van der Waals surface area contributed by atoms with Gasteiger partial charge >= 0.3 is 35.5 Å². The largest absolute Gasteiger partial charge is 1.00 e. The van der Waals surface area contributed by atoms with E-state index >= 15 is 0 Å². The van der Waals surface area contributed by atoms with E-state index in [-0.39, 0.29) is 55.1 Å². The van der Waals surface area contributed by atoms with Gasteiger partial charge in [-0.3, -0.25) is 14.5 Å². The molecule has 0 bridgehead atoms. The maximum Gasteiger partial charge on any atom is 1.00 e. The Morgan fingerprint density at radius 1 is 0.914 bits per heavy atom. The van der Waals surface area contributed by atoms with E-state index < -0.39 is 29.9 Å². The van der Waals surface area contributed by atoms with E-state index in [0.29, 0.717) is 11.3 Å². The van der Waals surface area contributed by atoms with Crippen LogP contribution in [0.3, 0.4) is 0 Å². The van der Waals surface area contributed by atoms with Gasteiger partial charge in [-0.2, -0.15) is 0 Å². The van der Waals surface area contributed by atoms with Gasteiger partial charge in [0.05, 0.1) is 13.2 Å². The molecule has 0 fully saturated rings. The van der Waals surface area contributed by atoms with Crippen LogP contribution in [0.15, 0.2) is 78.9 Å². The first-order chi connectivity index (χ1) is 16.3. The van der Waals surface area contributed by atoms with E-state index in [2.05, 4.69) is 0 Å².